The minimum absolute atomic E-state index is 0.0121. The minimum Gasteiger partial charge on any atom is -0.325 e. The number of carbonyl (C=O) groups is 2. The molecule has 0 saturated carbocycles. The average molecular weight is 431 g/mol. The van der Waals surface area contributed by atoms with Crippen LogP contribution in [0.4, 0.5) is 5.69 Å². The van der Waals surface area contributed by atoms with Gasteiger partial charge in [-0.2, -0.15) is 0 Å². The molecule has 1 aromatic heterocycles. The lowest BCUT2D eigenvalue weighted by Crippen LogP contribution is -2.13. The molecule has 6 heteroatoms. The van der Waals surface area contributed by atoms with Crippen molar-refractivity contribution in [3.63, 3.8) is 0 Å². The maximum absolute atomic E-state index is 11.9. The molecule has 1 heterocycles. The normalized spacial score (nSPS) is 10.4. The molecule has 0 radical (unpaired) electrons. The molecule has 0 atom stereocenters. The lowest BCUT2D eigenvalue weighted by molar-refractivity contribution is -0.116. The number of aryl methyl sites for hydroxylation is 1. The van der Waals surface area contributed by atoms with E-state index >= 15 is 0 Å². The van der Waals surface area contributed by atoms with Crippen molar-refractivity contribution in [2.24, 2.45) is 0 Å². The fourth-order valence-corrected chi connectivity index (χ4v) is 3.72. The molecule has 1 amide bonds. The molecule has 0 saturated heterocycles. The maximum Gasteiger partial charge on any atom is 0.224 e. The molecule has 2 aromatic rings. The van der Waals surface area contributed by atoms with E-state index in [1.807, 2.05) is 31.2 Å². The number of benzene rings is 1. The Hall–Kier alpha value is -0.980. The predicted octanol–water partition coefficient (Wildman–Crippen LogP) is 5.18. The number of halogens is 2. The lowest BCUT2D eigenvalue weighted by atomic mass is 10.2. The van der Waals surface area contributed by atoms with Crippen molar-refractivity contribution < 1.29 is 9.59 Å². The first-order chi connectivity index (χ1) is 9.95. The molecule has 0 unspecified atom stereocenters. The van der Waals surface area contributed by atoms with E-state index in [4.69, 9.17) is 0 Å². The zero-order valence-corrected chi connectivity index (χ0v) is 15.3. The van der Waals surface area contributed by atoms with Crippen molar-refractivity contribution in [2.75, 3.05) is 5.32 Å². The van der Waals surface area contributed by atoms with E-state index in [1.54, 1.807) is 6.07 Å². The molecule has 21 heavy (non-hydrogen) atoms. The van der Waals surface area contributed by atoms with Gasteiger partial charge in [0.1, 0.15) is 0 Å². The van der Waals surface area contributed by atoms with Crippen LogP contribution in [0.5, 0.6) is 0 Å². The number of carbonyl (C=O) groups excluding carboxylic acids is 2. The van der Waals surface area contributed by atoms with E-state index in [0.29, 0.717) is 10.6 Å². The van der Waals surface area contributed by atoms with Gasteiger partial charge in [-0.25, -0.2) is 0 Å². The third kappa shape index (κ3) is 4.76. The summed E-state index contributed by atoms with van der Waals surface area (Å²) in [6.45, 7) is 1.96. The van der Waals surface area contributed by atoms with Crippen LogP contribution in [0.15, 0.2) is 39.3 Å². The van der Waals surface area contributed by atoms with Gasteiger partial charge in [0.05, 0.1) is 10.6 Å². The van der Waals surface area contributed by atoms with Gasteiger partial charge in [-0.05, 0) is 53.2 Å². The SMILES string of the molecule is Cc1ccc(C(=O)CCC(=O)Nc2ccc(Br)cc2Br)s1. The van der Waals surface area contributed by atoms with Crippen LogP contribution in [0, 0.1) is 6.92 Å². The van der Waals surface area contributed by atoms with Gasteiger partial charge in [0.25, 0.3) is 0 Å². The summed E-state index contributed by atoms with van der Waals surface area (Å²) in [6.07, 6.45) is 0.401. The second-order valence-corrected chi connectivity index (χ2v) is 7.56. The molecule has 0 fully saturated rings. The Bertz CT molecular complexity index is 682. The van der Waals surface area contributed by atoms with Gasteiger partial charge in [-0.1, -0.05) is 15.9 Å². The van der Waals surface area contributed by atoms with E-state index in [0.717, 1.165) is 13.8 Å². The second kappa shape index (κ2) is 7.33. The number of nitrogens with one attached hydrogen (secondary N) is 1. The van der Waals surface area contributed by atoms with E-state index in [9.17, 15) is 9.59 Å². The van der Waals surface area contributed by atoms with Crippen LogP contribution in [-0.2, 0) is 4.79 Å². The Morgan fingerprint density at radius 3 is 2.52 bits per heavy atom. The molecule has 0 aliphatic rings. The molecule has 0 spiro atoms. The summed E-state index contributed by atoms with van der Waals surface area (Å²) in [5.74, 6) is -0.155. The van der Waals surface area contributed by atoms with Crippen LogP contribution in [-0.4, -0.2) is 11.7 Å². The third-order valence-corrected chi connectivity index (χ3v) is 4.99. The van der Waals surface area contributed by atoms with Crippen molar-refractivity contribution >= 4 is 60.6 Å². The number of hydrogen-bond acceptors (Lipinski definition) is 3. The number of anilines is 1. The van der Waals surface area contributed by atoms with Gasteiger partial charge in [0.15, 0.2) is 5.78 Å². The first-order valence-corrected chi connectivity index (χ1v) is 8.70. The van der Waals surface area contributed by atoms with Gasteiger partial charge in [0, 0.05) is 26.7 Å². The van der Waals surface area contributed by atoms with Crippen LogP contribution in [0.2, 0.25) is 0 Å². The minimum atomic E-state index is -0.167. The number of ketones is 1. The van der Waals surface area contributed by atoms with Crippen LogP contribution in [0.25, 0.3) is 0 Å². The van der Waals surface area contributed by atoms with Gasteiger partial charge in [0.2, 0.25) is 5.91 Å². The summed E-state index contributed by atoms with van der Waals surface area (Å²) in [5.41, 5.74) is 0.697. The van der Waals surface area contributed by atoms with Crippen LogP contribution in [0.3, 0.4) is 0 Å². The fraction of sp³-hybridized carbons (Fsp3) is 0.200. The van der Waals surface area contributed by atoms with Gasteiger partial charge < -0.3 is 5.32 Å². The number of amides is 1. The van der Waals surface area contributed by atoms with Crippen LogP contribution in [0.1, 0.15) is 27.4 Å². The maximum atomic E-state index is 11.9. The lowest BCUT2D eigenvalue weighted by Gasteiger charge is -2.07. The molecule has 110 valence electrons. The highest BCUT2D eigenvalue weighted by molar-refractivity contribution is 9.11. The molecule has 0 aliphatic heterocycles. The van der Waals surface area contributed by atoms with Crippen molar-refractivity contribution in [1.82, 2.24) is 0 Å². The number of Topliss-reactive ketones (excluding diaryl/α,β-unsaturated/α-hetero) is 1. The van der Waals surface area contributed by atoms with Crippen molar-refractivity contribution in [2.45, 2.75) is 19.8 Å². The highest BCUT2D eigenvalue weighted by Crippen LogP contribution is 2.26. The summed E-state index contributed by atoms with van der Waals surface area (Å²) >= 11 is 8.20. The molecule has 0 bridgehead atoms. The highest BCUT2D eigenvalue weighted by atomic mass is 79.9. The van der Waals surface area contributed by atoms with E-state index in [-0.39, 0.29) is 24.5 Å². The molecule has 3 nitrogen and oxygen atoms in total. The van der Waals surface area contributed by atoms with Crippen LogP contribution < -0.4 is 5.32 Å². The number of rotatable bonds is 5. The zero-order valence-electron chi connectivity index (χ0n) is 11.3. The third-order valence-electron chi connectivity index (χ3n) is 2.80. The largest absolute Gasteiger partial charge is 0.325 e. The standard InChI is InChI=1S/C15H13Br2NO2S/c1-9-2-6-14(21-9)13(19)5-7-15(20)18-12-4-3-10(16)8-11(12)17/h2-4,6,8H,5,7H2,1H3,(H,18,20). The summed E-state index contributed by atoms with van der Waals surface area (Å²) in [5, 5.41) is 2.79. The van der Waals surface area contributed by atoms with E-state index in [2.05, 4.69) is 37.2 Å². The van der Waals surface area contributed by atoms with Crippen molar-refractivity contribution in [1.29, 1.82) is 0 Å². The highest BCUT2D eigenvalue weighted by Gasteiger charge is 2.12. The van der Waals surface area contributed by atoms with Gasteiger partial charge in [-0.3, -0.25) is 9.59 Å². The predicted molar refractivity (Wildman–Crippen MR) is 93.1 cm³/mol. The van der Waals surface area contributed by atoms with E-state index < -0.39 is 0 Å². The van der Waals surface area contributed by atoms with Crippen molar-refractivity contribution in [3.8, 4) is 0 Å². The zero-order chi connectivity index (χ0) is 15.4. The fourth-order valence-electron chi connectivity index (χ4n) is 1.74. The Morgan fingerprint density at radius 1 is 1.14 bits per heavy atom. The molecule has 1 N–H and O–H groups in total. The number of hydrogen-bond donors (Lipinski definition) is 1. The van der Waals surface area contributed by atoms with Gasteiger partial charge >= 0.3 is 0 Å². The molecule has 0 aliphatic carbocycles. The summed E-state index contributed by atoms with van der Waals surface area (Å²) in [4.78, 5) is 25.7. The Morgan fingerprint density at radius 2 is 1.90 bits per heavy atom. The Labute approximate surface area is 144 Å². The Balaban J connectivity index is 1.89. The van der Waals surface area contributed by atoms with Crippen LogP contribution >= 0.6 is 43.2 Å². The molecule has 2 rings (SSSR count). The molecular weight excluding hydrogens is 418 g/mol. The summed E-state index contributed by atoms with van der Waals surface area (Å²) < 4.78 is 1.72. The van der Waals surface area contributed by atoms with Gasteiger partial charge in [-0.15, -0.1) is 11.3 Å². The topological polar surface area (TPSA) is 46.2 Å². The van der Waals surface area contributed by atoms with E-state index in [1.165, 1.54) is 11.3 Å². The summed E-state index contributed by atoms with van der Waals surface area (Å²) in [6, 6.07) is 9.23. The first kappa shape index (κ1) is 16.4. The molecule has 1 aromatic carbocycles. The summed E-state index contributed by atoms with van der Waals surface area (Å²) in [7, 11) is 0. The second-order valence-electron chi connectivity index (χ2n) is 4.51. The quantitative estimate of drug-likeness (QED) is 0.664. The smallest absolute Gasteiger partial charge is 0.224 e. The Kier molecular flexibility index (Phi) is 5.72. The number of thiophene rings is 1. The average Bonchev–Trinajstić information content (AvgIpc) is 2.86. The van der Waals surface area contributed by atoms with Crippen molar-refractivity contribution in [3.05, 3.63) is 49.0 Å². The monoisotopic (exact) mass is 429 g/mol. The first-order valence-electron chi connectivity index (χ1n) is 6.30. The molecular formula is C15H13Br2NO2S.